The van der Waals surface area contributed by atoms with Crippen LogP contribution in [0.5, 0.6) is 0 Å². The maximum Gasteiger partial charge on any atom is 0.335 e. The van der Waals surface area contributed by atoms with Crippen molar-refractivity contribution in [3.63, 3.8) is 0 Å². The maximum atomic E-state index is 14.2. The van der Waals surface area contributed by atoms with Gasteiger partial charge in [0.05, 0.1) is 12.1 Å². The Hall–Kier alpha value is -2.62. The number of carbonyl (C=O) groups is 1. The highest BCUT2D eigenvalue weighted by Crippen LogP contribution is 2.35. The smallest absolute Gasteiger partial charge is 0.335 e. The third-order valence-electron chi connectivity index (χ3n) is 5.25. The van der Waals surface area contributed by atoms with Crippen LogP contribution in [-0.2, 0) is 19.4 Å². The number of nitrogens with zero attached hydrogens (tertiary/aromatic N) is 1. The summed E-state index contributed by atoms with van der Waals surface area (Å²) in [6.45, 7) is 2.70. The Bertz CT molecular complexity index is 973. The SMILES string of the molecule is CC1CCc2c(c3cc(C(=O)O)ccc3n2Cc2ccccc2F)C1. The van der Waals surface area contributed by atoms with E-state index in [1.807, 2.05) is 18.2 Å². The van der Waals surface area contributed by atoms with Crippen LogP contribution in [0.15, 0.2) is 42.5 Å². The standard InChI is InChI=1S/C21H20FNO2/c1-13-6-8-19-16(10-13)17-11-14(21(24)25)7-9-20(17)23(19)12-15-4-2-3-5-18(15)22/h2-5,7,9,11,13H,6,8,10,12H2,1H3,(H,24,25). The summed E-state index contributed by atoms with van der Waals surface area (Å²) in [6, 6.07) is 12.1. The Morgan fingerprint density at radius 3 is 2.84 bits per heavy atom. The molecule has 4 heteroatoms. The van der Waals surface area contributed by atoms with Gasteiger partial charge in [0.2, 0.25) is 0 Å². The normalized spacial score (nSPS) is 16.8. The molecule has 0 amide bonds. The van der Waals surface area contributed by atoms with Gasteiger partial charge in [0.25, 0.3) is 0 Å². The van der Waals surface area contributed by atoms with Crippen molar-refractivity contribution in [3.05, 3.63) is 70.7 Å². The summed E-state index contributed by atoms with van der Waals surface area (Å²) in [7, 11) is 0. The molecule has 1 aromatic heterocycles. The second-order valence-corrected chi connectivity index (χ2v) is 6.99. The van der Waals surface area contributed by atoms with Crippen molar-refractivity contribution in [1.82, 2.24) is 4.57 Å². The summed E-state index contributed by atoms with van der Waals surface area (Å²) in [6.07, 6.45) is 2.99. The van der Waals surface area contributed by atoms with Gasteiger partial charge in [0.15, 0.2) is 0 Å². The number of carboxylic acid groups (broad SMARTS) is 1. The van der Waals surface area contributed by atoms with Crippen LogP contribution >= 0.6 is 0 Å². The van der Waals surface area contributed by atoms with Gasteiger partial charge < -0.3 is 9.67 Å². The first kappa shape index (κ1) is 15.9. The second kappa shape index (κ2) is 6.03. The third-order valence-corrected chi connectivity index (χ3v) is 5.25. The quantitative estimate of drug-likeness (QED) is 0.756. The molecule has 3 aromatic rings. The first-order valence-corrected chi connectivity index (χ1v) is 8.65. The van der Waals surface area contributed by atoms with Gasteiger partial charge in [0, 0.05) is 22.2 Å². The molecule has 1 N–H and O–H groups in total. The van der Waals surface area contributed by atoms with Gasteiger partial charge >= 0.3 is 5.97 Å². The van der Waals surface area contributed by atoms with Gasteiger partial charge in [-0.2, -0.15) is 0 Å². The summed E-state index contributed by atoms with van der Waals surface area (Å²) >= 11 is 0. The molecule has 0 spiro atoms. The first-order valence-electron chi connectivity index (χ1n) is 8.65. The van der Waals surface area contributed by atoms with Gasteiger partial charge in [-0.25, -0.2) is 9.18 Å². The topological polar surface area (TPSA) is 42.2 Å². The van der Waals surface area contributed by atoms with E-state index in [4.69, 9.17) is 0 Å². The largest absolute Gasteiger partial charge is 0.478 e. The number of benzene rings is 2. The lowest BCUT2D eigenvalue weighted by Gasteiger charge is -2.21. The molecule has 1 aliphatic rings. The lowest BCUT2D eigenvalue weighted by molar-refractivity contribution is 0.0697. The van der Waals surface area contributed by atoms with Crippen molar-refractivity contribution in [3.8, 4) is 0 Å². The molecular weight excluding hydrogens is 317 g/mol. The molecule has 25 heavy (non-hydrogen) atoms. The van der Waals surface area contributed by atoms with E-state index in [9.17, 15) is 14.3 Å². The molecule has 4 rings (SSSR count). The molecule has 1 unspecified atom stereocenters. The Morgan fingerprint density at radius 2 is 2.08 bits per heavy atom. The van der Waals surface area contributed by atoms with Gasteiger partial charge in [-0.15, -0.1) is 0 Å². The number of hydrogen-bond acceptors (Lipinski definition) is 1. The van der Waals surface area contributed by atoms with Crippen molar-refractivity contribution in [2.45, 2.75) is 32.7 Å². The van der Waals surface area contributed by atoms with Crippen molar-refractivity contribution >= 4 is 16.9 Å². The predicted octanol–water partition coefficient (Wildman–Crippen LogP) is 4.65. The fourth-order valence-corrected chi connectivity index (χ4v) is 3.93. The zero-order chi connectivity index (χ0) is 17.6. The molecular formula is C21H20FNO2. The minimum atomic E-state index is -0.915. The Kier molecular flexibility index (Phi) is 3.83. The summed E-state index contributed by atoms with van der Waals surface area (Å²) in [5.41, 5.74) is 4.40. The minimum Gasteiger partial charge on any atom is -0.478 e. The van der Waals surface area contributed by atoms with Gasteiger partial charge in [-0.3, -0.25) is 0 Å². The Morgan fingerprint density at radius 1 is 1.28 bits per heavy atom. The van der Waals surface area contributed by atoms with E-state index >= 15 is 0 Å². The average Bonchev–Trinajstić information content (AvgIpc) is 2.89. The lowest BCUT2D eigenvalue weighted by Crippen LogP contribution is -2.14. The van der Waals surface area contributed by atoms with Crippen LogP contribution in [0.2, 0.25) is 0 Å². The molecule has 2 aromatic carbocycles. The van der Waals surface area contributed by atoms with Gasteiger partial charge in [0.1, 0.15) is 5.82 Å². The van der Waals surface area contributed by atoms with Crippen LogP contribution in [0.1, 0.15) is 40.5 Å². The summed E-state index contributed by atoms with van der Waals surface area (Å²) < 4.78 is 16.3. The molecule has 0 saturated carbocycles. The Labute approximate surface area is 145 Å². The molecule has 0 bridgehead atoms. The number of rotatable bonds is 3. The number of fused-ring (bicyclic) bond motifs is 3. The van der Waals surface area contributed by atoms with Crippen molar-refractivity contribution < 1.29 is 14.3 Å². The van der Waals surface area contributed by atoms with Crippen molar-refractivity contribution in [2.75, 3.05) is 0 Å². The average molecular weight is 337 g/mol. The number of aromatic nitrogens is 1. The highest BCUT2D eigenvalue weighted by Gasteiger charge is 2.24. The number of halogens is 1. The molecule has 0 radical (unpaired) electrons. The summed E-state index contributed by atoms with van der Waals surface area (Å²) in [4.78, 5) is 11.4. The van der Waals surface area contributed by atoms with E-state index in [-0.39, 0.29) is 5.82 Å². The summed E-state index contributed by atoms with van der Waals surface area (Å²) in [5, 5.41) is 10.3. The summed E-state index contributed by atoms with van der Waals surface area (Å²) in [5.74, 6) is -0.542. The van der Waals surface area contributed by atoms with Crippen LogP contribution in [-0.4, -0.2) is 15.6 Å². The first-order chi connectivity index (χ1) is 12.0. The minimum absolute atomic E-state index is 0.204. The molecule has 1 heterocycles. The van der Waals surface area contributed by atoms with Crippen LogP contribution in [0.4, 0.5) is 4.39 Å². The lowest BCUT2D eigenvalue weighted by atomic mass is 9.87. The number of aromatic carboxylic acids is 1. The fraction of sp³-hybridized carbons (Fsp3) is 0.286. The molecule has 128 valence electrons. The van der Waals surface area contributed by atoms with Crippen LogP contribution in [0.3, 0.4) is 0 Å². The molecule has 3 nitrogen and oxygen atoms in total. The van der Waals surface area contributed by atoms with Crippen LogP contribution in [0.25, 0.3) is 10.9 Å². The van der Waals surface area contributed by atoms with Crippen molar-refractivity contribution in [1.29, 1.82) is 0 Å². The highest BCUT2D eigenvalue weighted by atomic mass is 19.1. The highest BCUT2D eigenvalue weighted by molar-refractivity contribution is 5.95. The molecule has 1 aliphatic carbocycles. The monoisotopic (exact) mass is 337 g/mol. The molecule has 1 atom stereocenters. The van der Waals surface area contributed by atoms with E-state index in [2.05, 4.69) is 11.5 Å². The van der Waals surface area contributed by atoms with E-state index in [1.165, 1.54) is 17.3 Å². The van der Waals surface area contributed by atoms with Gasteiger partial charge in [-0.05, 0) is 55.0 Å². The fourth-order valence-electron chi connectivity index (χ4n) is 3.93. The van der Waals surface area contributed by atoms with Crippen LogP contribution < -0.4 is 0 Å². The molecule has 0 saturated heterocycles. The Balaban J connectivity index is 1.91. The van der Waals surface area contributed by atoms with Crippen molar-refractivity contribution in [2.24, 2.45) is 5.92 Å². The molecule has 0 aliphatic heterocycles. The third kappa shape index (κ3) is 2.72. The van der Waals surface area contributed by atoms with E-state index in [0.29, 0.717) is 23.6 Å². The second-order valence-electron chi connectivity index (χ2n) is 6.99. The van der Waals surface area contributed by atoms with Gasteiger partial charge in [-0.1, -0.05) is 25.1 Å². The number of hydrogen-bond donors (Lipinski definition) is 1. The maximum absolute atomic E-state index is 14.2. The van der Waals surface area contributed by atoms with E-state index < -0.39 is 5.97 Å². The van der Waals surface area contributed by atoms with Crippen LogP contribution in [0, 0.1) is 11.7 Å². The van der Waals surface area contributed by atoms with E-state index in [0.717, 1.165) is 30.2 Å². The molecule has 0 fully saturated rings. The predicted molar refractivity (Wildman–Crippen MR) is 95.6 cm³/mol. The zero-order valence-corrected chi connectivity index (χ0v) is 14.1. The number of carboxylic acids is 1. The zero-order valence-electron chi connectivity index (χ0n) is 14.1. The van der Waals surface area contributed by atoms with E-state index in [1.54, 1.807) is 18.2 Å².